The molecule has 0 rings (SSSR count). The number of hydrogen-bond donors (Lipinski definition) is 2. The highest BCUT2D eigenvalue weighted by molar-refractivity contribution is 6.31. The van der Waals surface area contributed by atoms with Gasteiger partial charge in [0.05, 0.1) is 0 Å². The van der Waals surface area contributed by atoms with Crippen molar-refractivity contribution < 1.29 is 9.59 Å². The molecule has 0 aliphatic carbocycles. The van der Waals surface area contributed by atoms with Crippen LogP contribution in [0, 0.1) is 0 Å². The summed E-state index contributed by atoms with van der Waals surface area (Å²) in [6.45, 7) is 10.8. The summed E-state index contributed by atoms with van der Waals surface area (Å²) in [4.78, 5) is 25.0. The molecule has 0 heterocycles. The lowest BCUT2D eigenvalue weighted by Gasteiger charge is -2.19. The molecule has 0 spiro atoms. The highest BCUT2D eigenvalue weighted by Crippen LogP contribution is 2.00. The summed E-state index contributed by atoms with van der Waals surface area (Å²) in [5.74, 6) is -0.477. The van der Waals surface area contributed by atoms with Gasteiger partial charge in [-0.05, 0) is 46.3 Å². The van der Waals surface area contributed by atoms with E-state index in [1.54, 1.807) is 0 Å². The fourth-order valence-corrected chi connectivity index (χ4v) is 1.76. The standard InChI is InChI=1S/C13H26ClN3O2/c1-5-17(6-2)9-7-8-10(3)15-13(19)16-12(18)11(4)14/h10-11H,5-9H2,1-4H3,(H2,15,16,18,19). The largest absolute Gasteiger partial charge is 0.335 e. The summed E-state index contributed by atoms with van der Waals surface area (Å²) in [5, 5.41) is 4.22. The highest BCUT2D eigenvalue weighted by Gasteiger charge is 2.14. The fraction of sp³-hybridized carbons (Fsp3) is 0.846. The second-order valence-electron chi connectivity index (χ2n) is 4.65. The van der Waals surface area contributed by atoms with Crippen molar-refractivity contribution in [3.8, 4) is 0 Å². The number of imide groups is 1. The molecule has 19 heavy (non-hydrogen) atoms. The number of carbonyl (C=O) groups excluding carboxylic acids is 2. The Hall–Kier alpha value is -0.810. The zero-order valence-electron chi connectivity index (χ0n) is 12.3. The molecule has 3 amide bonds. The number of carbonyl (C=O) groups is 2. The van der Waals surface area contributed by atoms with Crippen molar-refractivity contribution in [2.45, 2.75) is 52.0 Å². The number of hydrogen-bond acceptors (Lipinski definition) is 3. The van der Waals surface area contributed by atoms with Crippen LogP contribution in [0.15, 0.2) is 0 Å². The van der Waals surface area contributed by atoms with Gasteiger partial charge in [-0.1, -0.05) is 13.8 Å². The van der Waals surface area contributed by atoms with Crippen LogP contribution < -0.4 is 10.6 Å². The molecule has 0 saturated carbocycles. The zero-order chi connectivity index (χ0) is 14.8. The van der Waals surface area contributed by atoms with Gasteiger partial charge in [0.1, 0.15) is 5.38 Å². The molecule has 0 saturated heterocycles. The molecule has 0 aromatic rings. The van der Waals surface area contributed by atoms with Gasteiger partial charge < -0.3 is 10.2 Å². The molecular formula is C13H26ClN3O2. The molecule has 0 aromatic heterocycles. The van der Waals surface area contributed by atoms with Gasteiger partial charge in [0, 0.05) is 6.04 Å². The second kappa shape index (κ2) is 10.0. The molecule has 0 aromatic carbocycles. The lowest BCUT2D eigenvalue weighted by Crippen LogP contribution is -2.45. The van der Waals surface area contributed by atoms with Crippen molar-refractivity contribution in [2.24, 2.45) is 0 Å². The van der Waals surface area contributed by atoms with E-state index in [2.05, 4.69) is 29.4 Å². The van der Waals surface area contributed by atoms with Crippen LogP contribution >= 0.6 is 11.6 Å². The molecule has 112 valence electrons. The van der Waals surface area contributed by atoms with Gasteiger partial charge in [-0.3, -0.25) is 10.1 Å². The van der Waals surface area contributed by atoms with E-state index in [9.17, 15) is 9.59 Å². The second-order valence-corrected chi connectivity index (χ2v) is 5.30. The maximum atomic E-state index is 11.5. The Morgan fingerprint density at radius 1 is 1.21 bits per heavy atom. The summed E-state index contributed by atoms with van der Waals surface area (Å²) in [6.07, 6.45) is 1.90. The first-order valence-electron chi connectivity index (χ1n) is 6.88. The summed E-state index contributed by atoms with van der Waals surface area (Å²) < 4.78 is 0. The Balaban J connectivity index is 3.82. The Morgan fingerprint density at radius 2 is 1.79 bits per heavy atom. The number of halogens is 1. The number of nitrogens with one attached hydrogen (secondary N) is 2. The minimum absolute atomic E-state index is 0.0361. The number of alkyl halides is 1. The number of rotatable bonds is 8. The van der Waals surface area contributed by atoms with E-state index in [0.717, 1.165) is 32.5 Å². The SMILES string of the molecule is CCN(CC)CCCC(C)NC(=O)NC(=O)C(C)Cl. The first kappa shape index (κ1) is 18.2. The van der Waals surface area contributed by atoms with Gasteiger partial charge in [0.15, 0.2) is 0 Å². The molecule has 5 nitrogen and oxygen atoms in total. The van der Waals surface area contributed by atoms with Gasteiger partial charge in [-0.25, -0.2) is 4.79 Å². The minimum atomic E-state index is -0.705. The third-order valence-corrected chi connectivity index (χ3v) is 3.18. The smallest absolute Gasteiger partial charge is 0.321 e. The molecule has 0 fully saturated rings. The van der Waals surface area contributed by atoms with Crippen molar-refractivity contribution in [3.63, 3.8) is 0 Å². The molecule has 0 aliphatic heterocycles. The van der Waals surface area contributed by atoms with Crippen LogP contribution in [-0.2, 0) is 4.79 Å². The first-order chi connectivity index (χ1) is 8.90. The fourth-order valence-electron chi connectivity index (χ4n) is 1.70. The van der Waals surface area contributed by atoms with E-state index in [1.165, 1.54) is 6.92 Å². The number of amides is 3. The number of nitrogens with zero attached hydrogens (tertiary/aromatic N) is 1. The topological polar surface area (TPSA) is 61.4 Å². The predicted molar refractivity (Wildman–Crippen MR) is 78.5 cm³/mol. The van der Waals surface area contributed by atoms with Crippen LogP contribution in [0.1, 0.15) is 40.5 Å². The zero-order valence-corrected chi connectivity index (χ0v) is 13.1. The third-order valence-electron chi connectivity index (χ3n) is 2.98. The lowest BCUT2D eigenvalue weighted by molar-refractivity contribution is -0.119. The van der Waals surface area contributed by atoms with Crippen molar-refractivity contribution in [3.05, 3.63) is 0 Å². The molecular weight excluding hydrogens is 266 g/mol. The minimum Gasteiger partial charge on any atom is -0.335 e. The first-order valence-corrected chi connectivity index (χ1v) is 7.32. The summed E-state index contributed by atoms with van der Waals surface area (Å²) >= 11 is 5.56. The highest BCUT2D eigenvalue weighted by atomic mass is 35.5. The third kappa shape index (κ3) is 8.83. The van der Waals surface area contributed by atoms with Gasteiger partial charge >= 0.3 is 6.03 Å². The Bertz CT molecular complexity index is 281. The van der Waals surface area contributed by atoms with Crippen molar-refractivity contribution in [1.29, 1.82) is 0 Å². The Morgan fingerprint density at radius 3 is 2.26 bits per heavy atom. The van der Waals surface area contributed by atoms with Gasteiger partial charge in [0.25, 0.3) is 0 Å². The average molecular weight is 292 g/mol. The Kier molecular flexibility index (Phi) is 9.61. The van der Waals surface area contributed by atoms with Crippen molar-refractivity contribution in [2.75, 3.05) is 19.6 Å². The van der Waals surface area contributed by atoms with E-state index >= 15 is 0 Å². The van der Waals surface area contributed by atoms with E-state index in [0.29, 0.717) is 0 Å². The molecule has 6 heteroatoms. The molecule has 2 N–H and O–H groups in total. The maximum absolute atomic E-state index is 11.5. The van der Waals surface area contributed by atoms with Crippen LogP contribution in [0.3, 0.4) is 0 Å². The van der Waals surface area contributed by atoms with Crippen molar-refractivity contribution in [1.82, 2.24) is 15.5 Å². The monoisotopic (exact) mass is 291 g/mol. The molecule has 0 aliphatic rings. The normalized spacial score (nSPS) is 14.0. The Labute approximate surface area is 121 Å². The van der Waals surface area contributed by atoms with Gasteiger partial charge in [0.2, 0.25) is 5.91 Å². The quantitative estimate of drug-likeness (QED) is 0.672. The van der Waals surface area contributed by atoms with Crippen LogP contribution in [0.25, 0.3) is 0 Å². The van der Waals surface area contributed by atoms with E-state index in [-0.39, 0.29) is 6.04 Å². The molecule has 2 atom stereocenters. The van der Waals surface area contributed by atoms with Gasteiger partial charge in [-0.2, -0.15) is 0 Å². The van der Waals surface area contributed by atoms with Crippen LogP contribution in [0.2, 0.25) is 0 Å². The van der Waals surface area contributed by atoms with E-state index in [1.807, 2.05) is 6.92 Å². The van der Waals surface area contributed by atoms with Crippen LogP contribution in [0.5, 0.6) is 0 Å². The summed E-state index contributed by atoms with van der Waals surface area (Å²) in [7, 11) is 0. The molecule has 0 radical (unpaired) electrons. The maximum Gasteiger partial charge on any atom is 0.321 e. The van der Waals surface area contributed by atoms with Crippen LogP contribution in [-0.4, -0.2) is 47.9 Å². The van der Waals surface area contributed by atoms with Crippen molar-refractivity contribution >= 4 is 23.5 Å². The predicted octanol–water partition coefficient (Wildman–Crippen LogP) is 1.95. The van der Waals surface area contributed by atoms with Crippen LogP contribution in [0.4, 0.5) is 4.79 Å². The van der Waals surface area contributed by atoms with E-state index < -0.39 is 17.3 Å². The molecule has 2 unspecified atom stereocenters. The average Bonchev–Trinajstić information content (AvgIpc) is 2.34. The van der Waals surface area contributed by atoms with Gasteiger partial charge in [-0.15, -0.1) is 11.6 Å². The molecule has 0 bridgehead atoms. The number of urea groups is 1. The lowest BCUT2D eigenvalue weighted by atomic mass is 10.2. The summed E-state index contributed by atoms with van der Waals surface area (Å²) in [5.41, 5.74) is 0. The van der Waals surface area contributed by atoms with E-state index in [4.69, 9.17) is 11.6 Å². The summed E-state index contributed by atoms with van der Waals surface area (Å²) in [6, 6.07) is -0.443.